The molecule has 2 rings (SSSR count). The molecule has 0 atom stereocenters. The lowest BCUT2D eigenvalue weighted by molar-refractivity contribution is -0.141. The largest absolute Gasteiger partial charge is 0.464 e. The molecule has 1 heterocycles. The molecule has 1 aliphatic rings. The minimum atomic E-state index is -0.435. The number of hydrogen-bond acceptors (Lipinski definition) is 3. The van der Waals surface area contributed by atoms with Crippen LogP contribution in [0.15, 0.2) is 36.0 Å². The molecule has 0 aromatic heterocycles. The van der Waals surface area contributed by atoms with E-state index in [9.17, 15) is 9.59 Å². The average molecular weight is 287 g/mol. The molecular weight excluding hydrogens is 266 g/mol. The summed E-state index contributed by atoms with van der Waals surface area (Å²) < 4.78 is 4.80. The summed E-state index contributed by atoms with van der Waals surface area (Å²) in [5.74, 6) is -0.488. The van der Waals surface area contributed by atoms with Crippen LogP contribution in [0.1, 0.15) is 30.4 Å². The molecule has 0 fully saturated rings. The molecule has 0 spiro atoms. The Labute approximate surface area is 125 Å². The molecule has 1 aliphatic heterocycles. The third kappa shape index (κ3) is 3.72. The van der Waals surface area contributed by atoms with Crippen molar-refractivity contribution in [1.82, 2.24) is 4.90 Å². The van der Waals surface area contributed by atoms with Gasteiger partial charge in [0.2, 0.25) is 5.91 Å². The fourth-order valence-corrected chi connectivity index (χ4v) is 2.51. The molecule has 0 unspecified atom stereocenters. The predicted molar refractivity (Wildman–Crippen MR) is 80.5 cm³/mol. The molecule has 112 valence electrons. The lowest BCUT2D eigenvalue weighted by Crippen LogP contribution is -2.35. The number of ether oxygens (including phenoxy) is 1. The van der Waals surface area contributed by atoms with Gasteiger partial charge in [0, 0.05) is 6.54 Å². The van der Waals surface area contributed by atoms with Gasteiger partial charge < -0.3 is 9.64 Å². The highest BCUT2D eigenvalue weighted by atomic mass is 16.5. The van der Waals surface area contributed by atoms with Crippen LogP contribution in [0, 0.1) is 6.92 Å². The lowest BCUT2D eigenvalue weighted by Gasteiger charge is -2.23. The standard InChI is InChI=1S/C17H21NO3/c1-13-8-5-6-9-14(13)12-16(19)18-11-7-3-4-10-15(18)17(20)21-2/h5-6,8-10H,3-4,7,11-12H2,1-2H3. The average Bonchev–Trinajstić information content (AvgIpc) is 2.74. The minimum absolute atomic E-state index is 0.0529. The van der Waals surface area contributed by atoms with Crippen molar-refractivity contribution in [2.75, 3.05) is 13.7 Å². The monoisotopic (exact) mass is 287 g/mol. The summed E-state index contributed by atoms with van der Waals surface area (Å²) in [6.45, 7) is 2.56. The van der Waals surface area contributed by atoms with E-state index in [-0.39, 0.29) is 5.91 Å². The quantitative estimate of drug-likeness (QED) is 0.803. The Morgan fingerprint density at radius 1 is 1.24 bits per heavy atom. The minimum Gasteiger partial charge on any atom is -0.464 e. The molecule has 1 aromatic rings. The van der Waals surface area contributed by atoms with Crippen molar-refractivity contribution in [2.24, 2.45) is 0 Å². The summed E-state index contributed by atoms with van der Waals surface area (Å²) >= 11 is 0. The normalized spacial score (nSPS) is 15.1. The van der Waals surface area contributed by atoms with Crippen molar-refractivity contribution < 1.29 is 14.3 Å². The van der Waals surface area contributed by atoms with Gasteiger partial charge in [0.05, 0.1) is 13.5 Å². The van der Waals surface area contributed by atoms with Crippen LogP contribution in [-0.4, -0.2) is 30.4 Å². The van der Waals surface area contributed by atoms with Crippen LogP contribution in [0.3, 0.4) is 0 Å². The van der Waals surface area contributed by atoms with Crippen LogP contribution in [0.25, 0.3) is 0 Å². The molecule has 1 aromatic carbocycles. The maximum absolute atomic E-state index is 12.6. The van der Waals surface area contributed by atoms with Crippen molar-refractivity contribution in [3.63, 3.8) is 0 Å². The Morgan fingerprint density at radius 3 is 2.71 bits per heavy atom. The van der Waals surface area contributed by atoms with Crippen LogP contribution in [0.5, 0.6) is 0 Å². The Kier molecular flexibility index (Phi) is 5.14. The number of carbonyl (C=O) groups is 2. The van der Waals surface area contributed by atoms with Crippen molar-refractivity contribution >= 4 is 11.9 Å². The van der Waals surface area contributed by atoms with Gasteiger partial charge in [-0.25, -0.2) is 4.79 Å². The first-order chi connectivity index (χ1) is 10.1. The number of benzene rings is 1. The van der Waals surface area contributed by atoms with Gasteiger partial charge in [0.1, 0.15) is 5.70 Å². The van der Waals surface area contributed by atoms with E-state index in [1.54, 1.807) is 4.90 Å². The van der Waals surface area contributed by atoms with Gasteiger partial charge in [-0.15, -0.1) is 0 Å². The van der Waals surface area contributed by atoms with Gasteiger partial charge in [-0.05, 0) is 37.3 Å². The Bertz CT molecular complexity index is 563. The molecule has 0 saturated heterocycles. The maximum atomic E-state index is 12.6. The van der Waals surface area contributed by atoms with Crippen LogP contribution in [0.2, 0.25) is 0 Å². The van der Waals surface area contributed by atoms with Gasteiger partial charge in [-0.2, -0.15) is 0 Å². The molecule has 4 heteroatoms. The van der Waals surface area contributed by atoms with Crippen LogP contribution in [-0.2, 0) is 20.7 Å². The molecule has 21 heavy (non-hydrogen) atoms. The number of esters is 1. The van der Waals surface area contributed by atoms with E-state index in [2.05, 4.69) is 0 Å². The van der Waals surface area contributed by atoms with Crippen molar-refractivity contribution in [2.45, 2.75) is 32.6 Å². The highest BCUT2D eigenvalue weighted by molar-refractivity contribution is 5.94. The van der Waals surface area contributed by atoms with Crippen LogP contribution in [0.4, 0.5) is 0 Å². The van der Waals surface area contributed by atoms with Crippen molar-refractivity contribution in [1.29, 1.82) is 0 Å². The third-order valence-electron chi connectivity index (χ3n) is 3.76. The summed E-state index contributed by atoms with van der Waals surface area (Å²) in [6, 6.07) is 7.82. The summed E-state index contributed by atoms with van der Waals surface area (Å²) in [5, 5.41) is 0. The zero-order chi connectivity index (χ0) is 15.2. The van der Waals surface area contributed by atoms with Crippen molar-refractivity contribution in [3.05, 3.63) is 47.2 Å². The first-order valence-corrected chi connectivity index (χ1v) is 7.27. The number of allylic oxidation sites excluding steroid dienone is 1. The zero-order valence-corrected chi connectivity index (χ0v) is 12.6. The summed E-state index contributed by atoms with van der Waals surface area (Å²) in [4.78, 5) is 26.0. The maximum Gasteiger partial charge on any atom is 0.354 e. The highest BCUT2D eigenvalue weighted by Crippen LogP contribution is 2.18. The number of rotatable bonds is 3. The first kappa shape index (κ1) is 15.3. The Morgan fingerprint density at radius 2 is 2.00 bits per heavy atom. The highest BCUT2D eigenvalue weighted by Gasteiger charge is 2.25. The molecule has 0 aliphatic carbocycles. The number of aryl methyl sites for hydroxylation is 1. The fourth-order valence-electron chi connectivity index (χ4n) is 2.51. The molecule has 0 bridgehead atoms. The van der Waals surface area contributed by atoms with Gasteiger partial charge in [-0.3, -0.25) is 4.79 Å². The van der Waals surface area contributed by atoms with E-state index in [1.165, 1.54) is 7.11 Å². The zero-order valence-electron chi connectivity index (χ0n) is 12.6. The predicted octanol–water partition coefficient (Wildman–Crippen LogP) is 2.61. The Balaban J connectivity index is 2.19. The second-order valence-electron chi connectivity index (χ2n) is 5.23. The fraction of sp³-hybridized carbons (Fsp3) is 0.412. The smallest absolute Gasteiger partial charge is 0.354 e. The number of amides is 1. The molecule has 0 radical (unpaired) electrons. The van der Waals surface area contributed by atoms with Gasteiger partial charge in [0.25, 0.3) is 0 Å². The molecule has 4 nitrogen and oxygen atoms in total. The third-order valence-corrected chi connectivity index (χ3v) is 3.76. The summed E-state index contributed by atoms with van der Waals surface area (Å²) in [7, 11) is 1.35. The van der Waals surface area contributed by atoms with E-state index in [0.29, 0.717) is 18.7 Å². The first-order valence-electron chi connectivity index (χ1n) is 7.27. The van der Waals surface area contributed by atoms with E-state index < -0.39 is 5.97 Å². The van der Waals surface area contributed by atoms with E-state index >= 15 is 0 Å². The second-order valence-corrected chi connectivity index (χ2v) is 5.23. The topological polar surface area (TPSA) is 46.6 Å². The van der Waals surface area contributed by atoms with Gasteiger partial charge >= 0.3 is 5.97 Å². The second kappa shape index (κ2) is 7.07. The van der Waals surface area contributed by atoms with Gasteiger partial charge in [0.15, 0.2) is 0 Å². The van der Waals surface area contributed by atoms with Gasteiger partial charge in [-0.1, -0.05) is 30.3 Å². The Hall–Kier alpha value is -2.10. The molecule has 0 saturated carbocycles. The SMILES string of the molecule is COC(=O)C1=CCCCCN1C(=O)Cc1ccccc1C. The van der Waals surface area contributed by atoms with Crippen molar-refractivity contribution in [3.8, 4) is 0 Å². The molecule has 0 N–H and O–H groups in total. The number of nitrogens with zero attached hydrogens (tertiary/aromatic N) is 1. The van der Waals surface area contributed by atoms with E-state index in [4.69, 9.17) is 4.74 Å². The van der Waals surface area contributed by atoms with Crippen LogP contribution < -0.4 is 0 Å². The van der Waals surface area contributed by atoms with E-state index in [0.717, 1.165) is 30.4 Å². The molecule has 1 amide bonds. The van der Waals surface area contributed by atoms with E-state index in [1.807, 2.05) is 37.3 Å². The lowest BCUT2D eigenvalue weighted by atomic mass is 10.1. The number of carbonyl (C=O) groups excluding carboxylic acids is 2. The summed E-state index contributed by atoms with van der Waals surface area (Å²) in [6.07, 6.45) is 4.80. The van der Waals surface area contributed by atoms with Crippen LogP contribution >= 0.6 is 0 Å². The molecular formula is C17H21NO3. The summed E-state index contributed by atoms with van der Waals surface area (Å²) in [5.41, 5.74) is 2.47. The number of methoxy groups -OCH3 is 1. The number of hydrogen-bond donors (Lipinski definition) is 0.